The summed E-state index contributed by atoms with van der Waals surface area (Å²) >= 11 is 0. The Balaban J connectivity index is 2.08. The first-order valence-electron chi connectivity index (χ1n) is 6.34. The fraction of sp³-hybridized carbons (Fsp3) is 0.769. The predicted molar refractivity (Wildman–Crippen MR) is 66.4 cm³/mol. The summed E-state index contributed by atoms with van der Waals surface area (Å²) < 4.78 is 1.95. The van der Waals surface area contributed by atoms with Crippen LogP contribution in [0.1, 0.15) is 56.8 Å². The third kappa shape index (κ3) is 1.88. The lowest BCUT2D eigenvalue weighted by atomic mass is 9.74. The highest BCUT2D eigenvalue weighted by atomic mass is 15.3. The number of rotatable bonds is 4. The molecule has 0 aliphatic heterocycles. The molecule has 1 atom stereocenters. The molecule has 1 aliphatic carbocycles. The molecule has 1 fully saturated rings. The maximum absolute atomic E-state index is 4.31. The van der Waals surface area contributed by atoms with Gasteiger partial charge in [-0.3, -0.25) is 4.68 Å². The monoisotopic (exact) mass is 221 g/mol. The van der Waals surface area contributed by atoms with Crippen molar-refractivity contribution in [3.8, 4) is 0 Å². The fourth-order valence-electron chi connectivity index (χ4n) is 2.68. The molecule has 16 heavy (non-hydrogen) atoms. The second kappa shape index (κ2) is 4.21. The van der Waals surface area contributed by atoms with Crippen molar-refractivity contribution < 1.29 is 0 Å². The van der Waals surface area contributed by atoms with E-state index in [1.54, 1.807) is 0 Å². The molecule has 1 heterocycles. The van der Waals surface area contributed by atoms with Gasteiger partial charge in [0, 0.05) is 29.9 Å². The largest absolute Gasteiger partial charge is 0.305 e. The van der Waals surface area contributed by atoms with E-state index in [0.29, 0.717) is 11.6 Å². The molecule has 0 spiro atoms. The quantitative estimate of drug-likeness (QED) is 0.847. The topological polar surface area (TPSA) is 29.9 Å². The minimum Gasteiger partial charge on any atom is -0.305 e. The zero-order valence-electron chi connectivity index (χ0n) is 10.9. The minimum absolute atomic E-state index is 0.404. The van der Waals surface area contributed by atoms with E-state index < -0.39 is 0 Å². The Morgan fingerprint density at radius 3 is 2.62 bits per heavy atom. The van der Waals surface area contributed by atoms with Crippen LogP contribution >= 0.6 is 0 Å². The summed E-state index contributed by atoms with van der Waals surface area (Å²) in [5.74, 6) is 0. The Morgan fingerprint density at radius 1 is 1.56 bits per heavy atom. The average Bonchev–Trinajstić information content (AvgIpc) is 2.54. The van der Waals surface area contributed by atoms with Gasteiger partial charge in [-0.15, -0.1) is 0 Å². The fourth-order valence-corrected chi connectivity index (χ4v) is 2.68. The summed E-state index contributed by atoms with van der Waals surface area (Å²) in [4.78, 5) is 0. The lowest BCUT2D eigenvalue weighted by molar-refractivity contribution is 0.160. The number of aryl methyl sites for hydroxylation is 1. The highest BCUT2D eigenvalue weighted by molar-refractivity contribution is 5.20. The summed E-state index contributed by atoms with van der Waals surface area (Å²) in [7, 11) is 2.00. The molecule has 2 rings (SSSR count). The summed E-state index contributed by atoms with van der Waals surface area (Å²) in [5, 5.41) is 8.11. The molecule has 0 saturated heterocycles. The van der Waals surface area contributed by atoms with Gasteiger partial charge in [-0.1, -0.05) is 6.92 Å². The van der Waals surface area contributed by atoms with E-state index in [4.69, 9.17) is 0 Å². The molecule has 1 saturated carbocycles. The first kappa shape index (κ1) is 11.6. The first-order valence-corrected chi connectivity index (χ1v) is 6.34. The van der Waals surface area contributed by atoms with Crippen molar-refractivity contribution >= 4 is 0 Å². The van der Waals surface area contributed by atoms with Gasteiger partial charge < -0.3 is 5.32 Å². The second-order valence-corrected chi connectivity index (χ2v) is 5.16. The second-order valence-electron chi connectivity index (χ2n) is 5.16. The van der Waals surface area contributed by atoms with E-state index in [1.165, 1.54) is 36.9 Å². The van der Waals surface area contributed by atoms with Gasteiger partial charge >= 0.3 is 0 Å². The normalized spacial score (nSPS) is 20.5. The van der Waals surface area contributed by atoms with E-state index in [0.717, 1.165) is 0 Å². The maximum atomic E-state index is 4.31. The molecule has 1 aromatic rings. The minimum atomic E-state index is 0.404. The molecule has 1 aromatic heterocycles. The van der Waals surface area contributed by atoms with E-state index in [9.17, 15) is 0 Å². The van der Waals surface area contributed by atoms with E-state index >= 15 is 0 Å². The number of nitrogens with one attached hydrogen (secondary N) is 1. The molecular formula is C13H23N3. The van der Waals surface area contributed by atoms with Crippen molar-refractivity contribution in [1.82, 2.24) is 15.1 Å². The van der Waals surface area contributed by atoms with Crippen molar-refractivity contribution in [2.45, 2.75) is 58.0 Å². The molecule has 0 radical (unpaired) electrons. The van der Waals surface area contributed by atoms with Gasteiger partial charge in [0.25, 0.3) is 0 Å². The van der Waals surface area contributed by atoms with Crippen LogP contribution in [-0.2, 0) is 7.05 Å². The van der Waals surface area contributed by atoms with Gasteiger partial charge in [-0.2, -0.15) is 5.10 Å². The van der Waals surface area contributed by atoms with Crippen LogP contribution in [0, 0.1) is 6.92 Å². The number of hydrogen-bond donors (Lipinski definition) is 1. The summed E-state index contributed by atoms with van der Waals surface area (Å²) in [6, 6.07) is 0.411. The lowest BCUT2D eigenvalue weighted by Gasteiger charge is -2.44. The van der Waals surface area contributed by atoms with Gasteiger partial charge in [0.1, 0.15) is 0 Å². The summed E-state index contributed by atoms with van der Waals surface area (Å²) in [5.41, 5.74) is 3.01. The molecule has 0 aromatic carbocycles. The third-order valence-corrected chi connectivity index (χ3v) is 4.25. The Bertz CT molecular complexity index is 358. The molecule has 3 heteroatoms. The van der Waals surface area contributed by atoms with Crippen LogP contribution < -0.4 is 5.32 Å². The highest BCUT2D eigenvalue weighted by Gasteiger charge is 2.36. The van der Waals surface area contributed by atoms with Crippen LogP contribution in [-0.4, -0.2) is 15.3 Å². The molecule has 1 unspecified atom stereocenters. The van der Waals surface area contributed by atoms with Gasteiger partial charge in [-0.05, 0) is 39.5 Å². The molecule has 3 nitrogen and oxygen atoms in total. The standard InChI is InChI=1S/C13H23N3/c1-5-13(7-6-8-13)15-10(2)12-9-14-16(4)11(12)3/h9-10,15H,5-8H2,1-4H3. The van der Waals surface area contributed by atoms with Crippen LogP contribution in [0.3, 0.4) is 0 Å². The van der Waals surface area contributed by atoms with Crippen molar-refractivity contribution in [3.05, 3.63) is 17.5 Å². The molecule has 90 valence electrons. The Hall–Kier alpha value is -0.830. The average molecular weight is 221 g/mol. The smallest absolute Gasteiger partial charge is 0.0540 e. The summed E-state index contributed by atoms with van der Waals surface area (Å²) in [6.45, 7) is 6.68. The number of aromatic nitrogens is 2. The van der Waals surface area contributed by atoms with E-state index in [1.807, 2.05) is 17.9 Å². The van der Waals surface area contributed by atoms with E-state index in [-0.39, 0.29) is 0 Å². The molecule has 0 bridgehead atoms. The van der Waals surface area contributed by atoms with Crippen molar-refractivity contribution in [3.63, 3.8) is 0 Å². The Labute approximate surface area is 98.2 Å². The predicted octanol–water partition coefficient (Wildman–Crippen LogP) is 2.71. The van der Waals surface area contributed by atoms with Crippen LogP contribution in [0.5, 0.6) is 0 Å². The zero-order valence-corrected chi connectivity index (χ0v) is 10.9. The molecular weight excluding hydrogens is 198 g/mol. The number of nitrogens with zero attached hydrogens (tertiary/aromatic N) is 2. The zero-order chi connectivity index (χ0) is 11.8. The van der Waals surface area contributed by atoms with Gasteiger partial charge in [0.15, 0.2) is 0 Å². The summed E-state index contributed by atoms with van der Waals surface area (Å²) in [6.07, 6.45) is 7.26. The maximum Gasteiger partial charge on any atom is 0.0540 e. The molecule has 1 N–H and O–H groups in total. The SMILES string of the molecule is CCC1(NC(C)c2cnn(C)c2C)CCC1. The van der Waals surface area contributed by atoms with E-state index in [2.05, 4.69) is 31.2 Å². The number of hydrogen-bond acceptors (Lipinski definition) is 2. The Morgan fingerprint density at radius 2 is 2.25 bits per heavy atom. The van der Waals surface area contributed by atoms with Crippen molar-refractivity contribution in [2.75, 3.05) is 0 Å². The van der Waals surface area contributed by atoms with Gasteiger partial charge in [-0.25, -0.2) is 0 Å². The first-order chi connectivity index (χ1) is 7.58. The highest BCUT2D eigenvalue weighted by Crippen LogP contribution is 2.37. The van der Waals surface area contributed by atoms with Crippen LogP contribution in [0.2, 0.25) is 0 Å². The van der Waals surface area contributed by atoms with Gasteiger partial charge in [0.05, 0.1) is 6.20 Å². The lowest BCUT2D eigenvalue weighted by Crippen LogP contribution is -2.51. The van der Waals surface area contributed by atoms with Gasteiger partial charge in [0.2, 0.25) is 0 Å². The third-order valence-electron chi connectivity index (χ3n) is 4.25. The molecule has 0 amide bonds. The van der Waals surface area contributed by atoms with Crippen molar-refractivity contribution in [1.29, 1.82) is 0 Å². The van der Waals surface area contributed by atoms with Crippen LogP contribution in [0.15, 0.2) is 6.20 Å². The Kier molecular flexibility index (Phi) is 3.06. The van der Waals surface area contributed by atoms with Crippen molar-refractivity contribution in [2.24, 2.45) is 7.05 Å². The van der Waals surface area contributed by atoms with Crippen LogP contribution in [0.4, 0.5) is 0 Å². The molecule has 1 aliphatic rings. The van der Waals surface area contributed by atoms with Crippen LogP contribution in [0.25, 0.3) is 0 Å².